The standard InChI is InChI=1S/C16H21N3O2S/c1-4-9-17-16(20)12(3)22-10-14-18-15(19-21-14)13-7-5-11(2)6-8-13/h5-8,12H,4,9-10H2,1-3H3,(H,17,20). The van der Waals surface area contributed by atoms with Crippen molar-refractivity contribution in [3.63, 3.8) is 0 Å². The Morgan fingerprint density at radius 2 is 2.09 bits per heavy atom. The lowest BCUT2D eigenvalue weighted by Gasteiger charge is -2.09. The largest absolute Gasteiger partial charge is 0.355 e. The van der Waals surface area contributed by atoms with Gasteiger partial charge in [-0.15, -0.1) is 11.8 Å². The average Bonchev–Trinajstić information content (AvgIpc) is 2.99. The highest BCUT2D eigenvalue weighted by atomic mass is 32.2. The van der Waals surface area contributed by atoms with Gasteiger partial charge in [-0.05, 0) is 20.3 Å². The van der Waals surface area contributed by atoms with Gasteiger partial charge in [-0.3, -0.25) is 4.79 Å². The first-order valence-electron chi connectivity index (χ1n) is 7.39. The first kappa shape index (κ1) is 16.5. The van der Waals surface area contributed by atoms with E-state index in [9.17, 15) is 4.79 Å². The second-order valence-electron chi connectivity index (χ2n) is 5.12. The molecule has 1 aromatic heterocycles. The topological polar surface area (TPSA) is 68.0 Å². The van der Waals surface area contributed by atoms with E-state index in [-0.39, 0.29) is 11.2 Å². The molecule has 6 heteroatoms. The Balaban J connectivity index is 1.89. The third-order valence-corrected chi connectivity index (χ3v) is 4.28. The second-order valence-corrected chi connectivity index (χ2v) is 6.45. The molecule has 0 radical (unpaired) electrons. The number of nitrogens with one attached hydrogen (secondary N) is 1. The number of rotatable bonds is 7. The average molecular weight is 319 g/mol. The van der Waals surface area contributed by atoms with Gasteiger partial charge in [0.15, 0.2) is 0 Å². The molecule has 0 bridgehead atoms. The van der Waals surface area contributed by atoms with Crippen LogP contribution in [0.2, 0.25) is 0 Å². The number of carbonyl (C=O) groups is 1. The van der Waals surface area contributed by atoms with Gasteiger partial charge in [0.1, 0.15) is 0 Å². The van der Waals surface area contributed by atoms with Gasteiger partial charge in [-0.25, -0.2) is 0 Å². The summed E-state index contributed by atoms with van der Waals surface area (Å²) in [7, 11) is 0. The number of benzene rings is 1. The van der Waals surface area contributed by atoms with Gasteiger partial charge in [-0.2, -0.15) is 4.98 Å². The number of nitrogens with zero attached hydrogens (tertiary/aromatic N) is 2. The molecule has 2 aromatic rings. The molecule has 0 aliphatic rings. The fourth-order valence-electron chi connectivity index (χ4n) is 1.80. The molecule has 5 nitrogen and oxygen atoms in total. The van der Waals surface area contributed by atoms with Crippen molar-refractivity contribution in [1.29, 1.82) is 0 Å². The molecule has 1 atom stereocenters. The van der Waals surface area contributed by atoms with E-state index in [4.69, 9.17) is 4.52 Å². The highest BCUT2D eigenvalue weighted by Gasteiger charge is 2.15. The zero-order chi connectivity index (χ0) is 15.9. The molecule has 0 saturated carbocycles. The predicted octanol–water partition coefficient (Wildman–Crippen LogP) is 3.19. The van der Waals surface area contributed by atoms with E-state index in [1.807, 2.05) is 45.0 Å². The number of aryl methyl sites for hydroxylation is 1. The van der Waals surface area contributed by atoms with Crippen LogP contribution in [0.15, 0.2) is 28.8 Å². The Labute approximate surface area is 134 Å². The van der Waals surface area contributed by atoms with Gasteiger partial charge in [-0.1, -0.05) is 41.9 Å². The Bertz CT molecular complexity index is 610. The molecular weight excluding hydrogens is 298 g/mol. The van der Waals surface area contributed by atoms with E-state index in [1.165, 1.54) is 17.3 Å². The fourth-order valence-corrected chi connectivity index (χ4v) is 2.54. The molecule has 1 heterocycles. The van der Waals surface area contributed by atoms with E-state index in [0.29, 0.717) is 24.0 Å². The van der Waals surface area contributed by atoms with Gasteiger partial charge in [0.05, 0.1) is 11.0 Å². The van der Waals surface area contributed by atoms with E-state index in [1.54, 1.807) is 0 Å². The number of hydrogen-bond donors (Lipinski definition) is 1. The summed E-state index contributed by atoms with van der Waals surface area (Å²) in [5, 5.41) is 6.73. The number of aromatic nitrogens is 2. The summed E-state index contributed by atoms with van der Waals surface area (Å²) in [5.74, 6) is 1.69. The van der Waals surface area contributed by atoms with Gasteiger partial charge < -0.3 is 9.84 Å². The quantitative estimate of drug-likeness (QED) is 0.849. The molecular formula is C16H21N3O2S. The van der Waals surface area contributed by atoms with Crippen LogP contribution in [0.5, 0.6) is 0 Å². The molecule has 1 aromatic carbocycles. The van der Waals surface area contributed by atoms with Crippen LogP contribution in [-0.4, -0.2) is 27.8 Å². The van der Waals surface area contributed by atoms with Crippen molar-refractivity contribution in [2.45, 2.75) is 38.2 Å². The van der Waals surface area contributed by atoms with Crippen LogP contribution in [0.3, 0.4) is 0 Å². The van der Waals surface area contributed by atoms with Crippen molar-refractivity contribution >= 4 is 17.7 Å². The maximum atomic E-state index is 11.8. The van der Waals surface area contributed by atoms with Crippen molar-refractivity contribution in [2.24, 2.45) is 0 Å². The zero-order valence-electron chi connectivity index (χ0n) is 13.1. The van der Waals surface area contributed by atoms with Crippen molar-refractivity contribution in [3.05, 3.63) is 35.7 Å². The summed E-state index contributed by atoms with van der Waals surface area (Å²) in [5.41, 5.74) is 2.12. The Morgan fingerprint density at radius 1 is 1.36 bits per heavy atom. The molecule has 0 saturated heterocycles. The van der Waals surface area contributed by atoms with Crippen LogP contribution in [0, 0.1) is 6.92 Å². The van der Waals surface area contributed by atoms with Crippen molar-refractivity contribution in [2.75, 3.05) is 6.54 Å². The number of thioether (sulfide) groups is 1. The predicted molar refractivity (Wildman–Crippen MR) is 88.5 cm³/mol. The zero-order valence-corrected chi connectivity index (χ0v) is 13.9. The highest BCUT2D eigenvalue weighted by Crippen LogP contribution is 2.20. The molecule has 0 aliphatic carbocycles. The van der Waals surface area contributed by atoms with Gasteiger partial charge in [0.25, 0.3) is 0 Å². The third-order valence-electron chi connectivity index (χ3n) is 3.15. The van der Waals surface area contributed by atoms with Gasteiger partial charge in [0.2, 0.25) is 17.6 Å². The summed E-state index contributed by atoms with van der Waals surface area (Å²) in [4.78, 5) is 16.2. The molecule has 1 N–H and O–H groups in total. The highest BCUT2D eigenvalue weighted by molar-refractivity contribution is 7.99. The Hall–Kier alpha value is -1.82. The minimum atomic E-state index is -0.138. The van der Waals surface area contributed by atoms with Crippen LogP contribution in [0.4, 0.5) is 0 Å². The first-order chi connectivity index (χ1) is 10.6. The van der Waals surface area contributed by atoms with Crippen molar-refractivity contribution in [3.8, 4) is 11.4 Å². The lowest BCUT2D eigenvalue weighted by atomic mass is 10.1. The number of carbonyl (C=O) groups excluding carboxylic acids is 1. The summed E-state index contributed by atoms with van der Waals surface area (Å²) in [6.07, 6.45) is 0.937. The van der Waals surface area contributed by atoms with Crippen molar-refractivity contribution < 1.29 is 9.32 Å². The summed E-state index contributed by atoms with van der Waals surface area (Å²) in [6, 6.07) is 7.97. The molecule has 0 aliphatic heterocycles. The number of hydrogen-bond acceptors (Lipinski definition) is 5. The number of amides is 1. The molecule has 0 spiro atoms. The Morgan fingerprint density at radius 3 is 2.77 bits per heavy atom. The monoisotopic (exact) mass is 319 g/mol. The van der Waals surface area contributed by atoms with Crippen LogP contribution < -0.4 is 5.32 Å². The van der Waals surface area contributed by atoms with E-state index >= 15 is 0 Å². The van der Waals surface area contributed by atoms with Crippen molar-refractivity contribution in [1.82, 2.24) is 15.5 Å². The van der Waals surface area contributed by atoms with Gasteiger partial charge >= 0.3 is 0 Å². The smallest absolute Gasteiger partial charge is 0.236 e. The van der Waals surface area contributed by atoms with E-state index in [2.05, 4.69) is 15.5 Å². The minimum Gasteiger partial charge on any atom is -0.355 e. The molecule has 1 unspecified atom stereocenters. The maximum absolute atomic E-state index is 11.8. The Kier molecular flexibility index (Phi) is 6.00. The first-order valence-corrected chi connectivity index (χ1v) is 8.44. The van der Waals surface area contributed by atoms with Crippen LogP contribution in [-0.2, 0) is 10.5 Å². The molecule has 22 heavy (non-hydrogen) atoms. The molecule has 0 fully saturated rings. The third kappa shape index (κ3) is 4.59. The van der Waals surface area contributed by atoms with E-state index < -0.39 is 0 Å². The van der Waals surface area contributed by atoms with E-state index in [0.717, 1.165) is 12.0 Å². The summed E-state index contributed by atoms with van der Waals surface area (Å²) >= 11 is 1.49. The summed E-state index contributed by atoms with van der Waals surface area (Å²) in [6.45, 7) is 6.66. The normalized spacial score (nSPS) is 12.1. The van der Waals surface area contributed by atoms with Crippen LogP contribution >= 0.6 is 11.8 Å². The summed E-state index contributed by atoms with van der Waals surface area (Å²) < 4.78 is 5.25. The van der Waals surface area contributed by atoms with Gasteiger partial charge in [0, 0.05) is 12.1 Å². The lowest BCUT2D eigenvalue weighted by molar-refractivity contribution is -0.120. The minimum absolute atomic E-state index is 0.0464. The fraction of sp³-hybridized carbons (Fsp3) is 0.438. The maximum Gasteiger partial charge on any atom is 0.236 e. The van der Waals surface area contributed by atoms with Crippen LogP contribution in [0.1, 0.15) is 31.7 Å². The lowest BCUT2D eigenvalue weighted by Crippen LogP contribution is -2.31. The second kappa shape index (κ2) is 7.98. The molecule has 1 amide bonds. The van der Waals surface area contributed by atoms with Crippen LogP contribution in [0.25, 0.3) is 11.4 Å². The SMILES string of the molecule is CCCNC(=O)C(C)SCc1nc(-c2ccc(C)cc2)no1. The molecule has 2 rings (SSSR count). The molecule has 118 valence electrons.